The molecule has 2 aromatic heterocycles. The molecule has 0 aliphatic carbocycles. The summed E-state index contributed by atoms with van der Waals surface area (Å²) in [4.78, 5) is 18.8. The maximum Gasteiger partial charge on any atom is 0.433 e. The van der Waals surface area contributed by atoms with Crippen molar-refractivity contribution in [2.24, 2.45) is 0 Å². The minimum absolute atomic E-state index is 0.0109. The van der Waals surface area contributed by atoms with E-state index in [4.69, 9.17) is 4.74 Å². The van der Waals surface area contributed by atoms with Crippen molar-refractivity contribution in [3.05, 3.63) is 46.8 Å². The molecular weight excluding hydrogens is 315 g/mol. The fraction of sp³-hybridized carbons (Fsp3) is 0.385. The third-order valence-electron chi connectivity index (χ3n) is 3.40. The first-order chi connectivity index (χ1) is 10.9. The normalized spacial score (nSPS) is 21.3. The monoisotopic (exact) mass is 327 g/mol. The van der Waals surface area contributed by atoms with Gasteiger partial charge in [0.05, 0.1) is 19.3 Å². The lowest BCUT2D eigenvalue weighted by Gasteiger charge is -2.20. The van der Waals surface area contributed by atoms with Gasteiger partial charge < -0.3 is 10.1 Å². The van der Waals surface area contributed by atoms with E-state index in [0.717, 1.165) is 12.4 Å². The van der Waals surface area contributed by atoms with Crippen LogP contribution < -0.4 is 10.9 Å². The summed E-state index contributed by atoms with van der Waals surface area (Å²) in [6, 6.07) is 2.81. The Kier molecular flexibility index (Phi) is 3.99. The molecule has 2 unspecified atom stereocenters. The molecule has 2 atom stereocenters. The molecule has 0 radical (unpaired) electrons. The molecule has 1 fully saturated rings. The van der Waals surface area contributed by atoms with Crippen LogP contribution in [0, 0.1) is 0 Å². The molecule has 0 amide bonds. The van der Waals surface area contributed by atoms with Crippen LogP contribution in [0.1, 0.15) is 11.7 Å². The highest BCUT2D eigenvalue weighted by Gasteiger charge is 2.34. The van der Waals surface area contributed by atoms with Crippen LogP contribution in [0.5, 0.6) is 0 Å². The Bertz CT molecular complexity index is 749. The van der Waals surface area contributed by atoms with Gasteiger partial charge in [0.25, 0.3) is 5.56 Å². The maximum absolute atomic E-state index is 12.7. The van der Waals surface area contributed by atoms with Crippen molar-refractivity contribution >= 4 is 5.82 Å². The molecule has 1 N–H and O–H groups in total. The molecule has 7 nitrogen and oxygen atoms in total. The van der Waals surface area contributed by atoms with Crippen LogP contribution in [0.3, 0.4) is 0 Å². The van der Waals surface area contributed by atoms with Gasteiger partial charge in [0, 0.05) is 18.3 Å². The molecule has 2 aromatic rings. The molecular formula is C13H12F3N5O2. The summed E-state index contributed by atoms with van der Waals surface area (Å²) < 4.78 is 44.6. The highest BCUT2D eigenvalue weighted by Crippen LogP contribution is 2.29. The molecule has 23 heavy (non-hydrogen) atoms. The molecule has 1 aliphatic rings. The number of ether oxygens (including phenoxy) is 1. The van der Waals surface area contributed by atoms with E-state index < -0.39 is 24.0 Å². The van der Waals surface area contributed by atoms with Crippen molar-refractivity contribution in [1.29, 1.82) is 0 Å². The Labute approximate surface area is 128 Å². The van der Waals surface area contributed by atoms with E-state index in [2.05, 4.69) is 20.4 Å². The average Bonchev–Trinajstić information content (AvgIpc) is 2.95. The molecule has 122 valence electrons. The van der Waals surface area contributed by atoms with Crippen LogP contribution >= 0.6 is 0 Å². The summed E-state index contributed by atoms with van der Waals surface area (Å²) in [6.07, 6.45) is -2.25. The lowest BCUT2D eigenvalue weighted by molar-refractivity contribution is -0.141. The summed E-state index contributed by atoms with van der Waals surface area (Å²) in [7, 11) is 0. The summed E-state index contributed by atoms with van der Waals surface area (Å²) in [5.74, 6) is 0.0109. The lowest BCUT2D eigenvalue weighted by atomic mass is 10.1. The standard InChI is InChI=1S/C13H12F3N5O2/c14-13(15,16)10-4-11(18-7-17-10)20-8-5-23-6-9(8)21-12(22)2-1-3-19-21/h1-4,7-9H,5-6H2,(H,17,18,20). The van der Waals surface area contributed by atoms with Gasteiger partial charge in [-0.3, -0.25) is 4.79 Å². The van der Waals surface area contributed by atoms with Crippen LogP contribution in [0.25, 0.3) is 0 Å². The van der Waals surface area contributed by atoms with Crippen LogP contribution in [-0.4, -0.2) is 39.0 Å². The van der Waals surface area contributed by atoms with Crippen LogP contribution in [-0.2, 0) is 10.9 Å². The van der Waals surface area contributed by atoms with Gasteiger partial charge in [-0.05, 0) is 6.07 Å². The van der Waals surface area contributed by atoms with E-state index in [-0.39, 0.29) is 24.6 Å². The summed E-state index contributed by atoms with van der Waals surface area (Å²) in [5.41, 5.74) is -1.35. The highest BCUT2D eigenvalue weighted by atomic mass is 19.4. The van der Waals surface area contributed by atoms with Crippen molar-refractivity contribution in [2.45, 2.75) is 18.3 Å². The van der Waals surface area contributed by atoms with E-state index in [1.807, 2.05) is 0 Å². The topological polar surface area (TPSA) is 81.9 Å². The van der Waals surface area contributed by atoms with E-state index in [9.17, 15) is 18.0 Å². The molecule has 1 saturated heterocycles. The minimum atomic E-state index is -4.55. The van der Waals surface area contributed by atoms with Gasteiger partial charge in [-0.2, -0.15) is 18.3 Å². The van der Waals surface area contributed by atoms with Gasteiger partial charge in [0.15, 0.2) is 0 Å². The number of anilines is 1. The number of nitrogens with zero attached hydrogens (tertiary/aromatic N) is 4. The third-order valence-corrected chi connectivity index (χ3v) is 3.40. The first kappa shape index (κ1) is 15.4. The van der Waals surface area contributed by atoms with Gasteiger partial charge in [-0.1, -0.05) is 0 Å². The zero-order valence-electron chi connectivity index (χ0n) is 11.7. The molecule has 0 saturated carbocycles. The first-order valence-electron chi connectivity index (χ1n) is 6.72. The van der Waals surface area contributed by atoms with Crippen molar-refractivity contribution in [1.82, 2.24) is 19.7 Å². The second-order valence-corrected chi connectivity index (χ2v) is 4.95. The van der Waals surface area contributed by atoms with Crippen molar-refractivity contribution in [2.75, 3.05) is 18.5 Å². The first-order valence-corrected chi connectivity index (χ1v) is 6.72. The third kappa shape index (κ3) is 3.31. The van der Waals surface area contributed by atoms with Crippen molar-refractivity contribution < 1.29 is 17.9 Å². The highest BCUT2D eigenvalue weighted by molar-refractivity contribution is 5.37. The Morgan fingerprint density at radius 1 is 1.30 bits per heavy atom. The summed E-state index contributed by atoms with van der Waals surface area (Å²) in [6.45, 7) is 0.449. The van der Waals surface area contributed by atoms with Crippen LogP contribution in [0.4, 0.5) is 19.0 Å². The average molecular weight is 327 g/mol. The second kappa shape index (κ2) is 5.95. The number of halogens is 3. The van der Waals surface area contributed by atoms with Crippen molar-refractivity contribution in [3.8, 4) is 0 Å². The molecule has 0 bridgehead atoms. The molecule has 0 spiro atoms. The predicted molar refractivity (Wildman–Crippen MR) is 72.8 cm³/mol. The maximum atomic E-state index is 12.7. The van der Waals surface area contributed by atoms with Gasteiger partial charge in [0.2, 0.25) is 0 Å². The Balaban J connectivity index is 1.82. The minimum Gasteiger partial charge on any atom is -0.377 e. The largest absolute Gasteiger partial charge is 0.433 e. The lowest BCUT2D eigenvalue weighted by Crippen LogP contribution is -2.37. The number of hydrogen-bond donors (Lipinski definition) is 1. The second-order valence-electron chi connectivity index (χ2n) is 4.95. The van der Waals surface area contributed by atoms with Gasteiger partial charge in [0.1, 0.15) is 23.9 Å². The quantitative estimate of drug-likeness (QED) is 0.909. The van der Waals surface area contributed by atoms with Crippen molar-refractivity contribution in [3.63, 3.8) is 0 Å². The Morgan fingerprint density at radius 3 is 2.87 bits per heavy atom. The zero-order valence-corrected chi connectivity index (χ0v) is 11.7. The van der Waals surface area contributed by atoms with E-state index in [0.29, 0.717) is 0 Å². The molecule has 1 aliphatic heterocycles. The molecule has 3 heterocycles. The SMILES string of the molecule is O=c1cccnn1C1COCC1Nc1cc(C(F)(F)F)ncn1. The van der Waals surface area contributed by atoms with E-state index >= 15 is 0 Å². The van der Waals surface area contributed by atoms with Gasteiger partial charge in [-0.25, -0.2) is 14.6 Å². The number of nitrogens with one attached hydrogen (secondary N) is 1. The number of aromatic nitrogens is 4. The summed E-state index contributed by atoms with van der Waals surface area (Å²) in [5, 5.41) is 6.83. The summed E-state index contributed by atoms with van der Waals surface area (Å²) >= 11 is 0. The molecule has 0 aromatic carbocycles. The number of alkyl halides is 3. The van der Waals surface area contributed by atoms with Crippen LogP contribution in [0.15, 0.2) is 35.5 Å². The number of hydrogen-bond acceptors (Lipinski definition) is 6. The smallest absolute Gasteiger partial charge is 0.377 e. The molecule has 10 heteroatoms. The van der Waals surface area contributed by atoms with E-state index in [1.165, 1.54) is 23.0 Å². The Morgan fingerprint density at radius 2 is 2.13 bits per heavy atom. The Hall–Kier alpha value is -2.49. The molecule has 3 rings (SSSR count). The van der Waals surface area contributed by atoms with Gasteiger partial charge in [-0.15, -0.1) is 0 Å². The van der Waals surface area contributed by atoms with Crippen LogP contribution in [0.2, 0.25) is 0 Å². The fourth-order valence-corrected chi connectivity index (χ4v) is 2.32. The fourth-order valence-electron chi connectivity index (χ4n) is 2.32. The van der Waals surface area contributed by atoms with Gasteiger partial charge >= 0.3 is 6.18 Å². The van der Waals surface area contributed by atoms with E-state index in [1.54, 1.807) is 0 Å². The zero-order chi connectivity index (χ0) is 16.4. The predicted octanol–water partition coefficient (Wildman–Crippen LogP) is 1.10. The number of rotatable bonds is 3.